The molecule has 1 aliphatic heterocycles. The number of anilines is 1. The maximum absolute atomic E-state index is 12.0. The predicted octanol–water partition coefficient (Wildman–Crippen LogP) is 1.59. The molecule has 2 N–H and O–H groups in total. The molecule has 0 saturated carbocycles. The molecule has 0 spiro atoms. The summed E-state index contributed by atoms with van der Waals surface area (Å²) in [5, 5.41) is 5.97. The highest BCUT2D eigenvalue weighted by molar-refractivity contribution is 5.94. The fraction of sp³-hybridized carbons (Fsp3) is 0.429. The third-order valence-corrected chi connectivity index (χ3v) is 2.97. The fourth-order valence-corrected chi connectivity index (χ4v) is 1.96. The van der Waals surface area contributed by atoms with Crippen LogP contribution in [0.15, 0.2) is 31.1 Å². The lowest BCUT2D eigenvalue weighted by atomic mass is 10.2. The lowest BCUT2D eigenvalue weighted by Gasteiger charge is -2.11. The standard InChI is InChI=1S/C14H19N3O2/c1-2-5-16-12-7-11(8-15-9-12)14(18)17-10-13-4-3-6-19-13/h2,7-9,13,16H,1,3-6,10H2,(H,17,18). The van der Waals surface area contributed by atoms with Crippen molar-refractivity contribution in [2.75, 3.05) is 25.0 Å². The van der Waals surface area contributed by atoms with E-state index in [9.17, 15) is 4.79 Å². The molecule has 1 saturated heterocycles. The molecule has 5 heteroatoms. The summed E-state index contributed by atoms with van der Waals surface area (Å²) in [7, 11) is 0. The molecular weight excluding hydrogens is 242 g/mol. The largest absolute Gasteiger partial charge is 0.380 e. The highest BCUT2D eigenvalue weighted by Gasteiger charge is 2.16. The van der Waals surface area contributed by atoms with Crippen LogP contribution in [0.1, 0.15) is 23.2 Å². The summed E-state index contributed by atoms with van der Waals surface area (Å²) < 4.78 is 5.46. The van der Waals surface area contributed by atoms with E-state index in [0.717, 1.165) is 25.1 Å². The number of rotatable bonds is 6. The zero-order valence-corrected chi connectivity index (χ0v) is 10.9. The van der Waals surface area contributed by atoms with Crippen LogP contribution < -0.4 is 10.6 Å². The summed E-state index contributed by atoms with van der Waals surface area (Å²) in [4.78, 5) is 16.0. The second-order valence-corrected chi connectivity index (χ2v) is 4.48. The Morgan fingerprint density at radius 3 is 3.21 bits per heavy atom. The van der Waals surface area contributed by atoms with Gasteiger partial charge in [-0.15, -0.1) is 6.58 Å². The highest BCUT2D eigenvalue weighted by Crippen LogP contribution is 2.11. The summed E-state index contributed by atoms with van der Waals surface area (Å²) in [5.41, 5.74) is 1.36. The first-order valence-electron chi connectivity index (χ1n) is 6.49. The molecular formula is C14H19N3O2. The molecule has 1 fully saturated rings. The number of pyridine rings is 1. The van der Waals surface area contributed by atoms with E-state index in [4.69, 9.17) is 4.74 Å². The molecule has 0 aliphatic carbocycles. The predicted molar refractivity (Wildman–Crippen MR) is 74.2 cm³/mol. The maximum atomic E-state index is 12.0. The van der Waals surface area contributed by atoms with Crippen LogP contribution >= 0.6 is 0 Å². The van der Waals surface area contributed by atoms with Crippen molar-refractivity contribution in [3.8, 4) is 0 Å². The summed E-state index contributed by atoms with van der Waals surface area (Å²) in [6.07, 6.45) is 7.23. The highest BCUT2D eigenvalue weighted by atomic mass is 16.5. The van der Waals surface area contributed by atoms with E-state index in [1.807, 2.05) is 0 Å². The molecule has 1 amide bonds. The number of carbonyl (C=O) groups is 1. The third kappa shape index (κ3) is 4.06. The second-order valence-electron chi connectivity index (χ2n) is 4.48. The summed E-state index contributed by atoms with van der Waals surface area (Å²) in [5.74, 6) is -0.120. The van der Waals surface area contributed by atoms with Gasteiger partial charge < -0.3 is 15.4 Å². The molecule has 1 aliphatic rings. The van der Waals surface area contributed by atoms with E-state index in [1.54, 1.807) is 24.5 Å². The van der Waals surface area contributed by atoms with Gasteiger partial charge in [0.25, 0.3) is 5.91 Å². The normalized spacial score (nSPS) is 18.0. The zero-order valence-electron chi connectivity index (χ0n) is 10.9. The Balaban J connectivity index is 1.88. The summed E-state index contributed by atoms with van der Waals surface area (Å²) >= 11 is 0. The van der Waals surface area contributed by atoms with Gasteiger partial charge in [-0.05, 0) is 18.9 Å². The Kier molecular flexibility index (Phi) is 4.92. The lowest BCUT2D eigenvalue weighted by Crippen LogP contribution is -2.31. The number of nitrogens with zero attached hydrogens (tertiary/aromatic N) is 1. The first-order chi connectivity index (χ1) is 9.29. The van der Waals surface area contributed by atoms with Crippen molar-refractivity contribution in [1.29, 1.82) is 0 Å². The van der Waals surface area contributed by atoms with E-state index >= 15 is 0 Å². The maximum Gasteiger partial charge on any atom is 0.253 e. The van der Waals surface area contributed by atoms with Gasteiger partial charge in [0.2, 0.25) is 0 Å². The van der Waals surface area contributed by atoms with Gasteiger partial charge in [0, 0.05) is 32.1 Å². The van der Waals surface area contributed by atoms with Crippen LogP contribution in [-0.2, 0) is 4.74 Å². The van der Waals surface area contributed by atoms with Gasteiger partial charge in [-0.1, -0.05) is 6.08 Å². The van der Waals surface area contributed by atoms with Crippen LogP contribution in [0.3, 0.4) is 0 Å². The number of nitrogens with one attached hydrogen (secondary N) is 2. The number of carbonyl (C=O) groups excluding carboxylic acids is 1. The van der Waals surface area contributed by atoms with Crippen molar-refractivity contribution >= 4 is 11.6 Å². The van der Waals surface area contributed by atoms with Gasteiger partial charge in [-0.25, -0.2) is 0 Å². The quantitative estimate of drug-likeness (QED) is 0.763. The topological polar surface area (TPSA) is 63.2 Å². The van der Waals surface area contributed by atoms with Gasteiger partial charge >= 0.3 is 0 Å². The van der Waals surface area contributed by atoms with Crippen molar-refractivity contribution in [3.63, 3.8) is 0 Å². The fourth-order valence-electron chi connectivity index (χ4n) is 1.96. The van der Waals surface area contributed by atoms with Crippen LogP contribution in [0, 0.1) is 0 Å². The molecule has 1 atom stereocenters. The van der Waals surface area contributed by atoms with Crippen LogP contribution in [0.4, 0.5) is 5.69 Å². The number of hydrogen-bond donors (Lipinski definition) is 2. The Morgan fingerprint density at radius 2 is 2.47 bits per heavy atom. The van der Waals surface area contributed by atoms with Crippen molar-refractivity contribution in [3.05, 3.63) is 36.7 Å². The van der Waals surface area contributed by atoms with E-state index in [2.05, 4.69) is 22.2 Å². The van der Waals surface area contributed by atoms with Crippen molar-refractivity contribution in [1.82, 2.24) is 10.3 Å². The summed E-state index contributed by atoms with van der Waals surface area (Å²) in [6, 6.07) is 1.78. The molecule has 1 unspecified atom stereocenters. The minimum Gasteiger partial charge on any atom is -0.380 e. The minimum absolute atomic E-state index is 0.120. The monoisotopic (exact) mass is 261 g/mol. The Morgan fingerprint density at radius 1 is 1.58 bits per heavy atom. The van der Waals surface area contributed by atoms with Crippen LogP contribution in [0.5, 0.6) is 0 Å². The molecule has 19 heavy (non-hydrogen) atoms. The first kappa shape index (κ1) is 13.5. The van der Waals surface area contributed by atoms with Crippen molar-refractivity contribution in [2.24, 2.45) is 0 Å². The molecule has 2 rings (SSSR count). The van der Waals surface area contributed by atoms with Gasteiger partial charge in [0.1, 0.15) is 0 Å². The molecule has 1 aromatic heterocycles. The first-order valence-corrected chi connectivity index (χ1v) is 6.49. The average molecular weight is 261 g/mol. The zero-order chi connectivity index (χ0) is 13.5. The number of ether oxygens (including phenoxy) is 1. The lowest BCUT2D eigenvalue weighted by molar-refractivity contribution is 0.0857. The molecule has 5 nitrogen and oxygen atoms in total. The Hall–Kier alpha value is -1.88. The number of hydrogen-bond acceptors (Lipinski definition) is 4. The van der Waals surface area contributed by atoms with Crippen molar-refractivity contribution < 1.29 is 9.53 Å². The molecule has 0 aromatic carbocycles. The SMILES string of the molecule is C=CCNc1cncc(C(=O)NCC2CCCO2)c1. The van der Waals surface area contributed by atoms with E-state index < -0.39 is 0 Å². The molecule has 102 valence electrons. The van der Waals surface area contributed by atoms with Crippen molar-refractivity contribution in [2.45, 2.75) is 18.9 Å². The van der Waals surface area contributed by atoms with E-state index in [0.29, 0.717) is 18.7 Å². The Bertz CT molecular complexity index is 442. The van der Waals surface area contributed by atoms with Gasteiger partial charge in [-0.3, -0.25) is 9.78 Å². The molecule has 1 aromatic rings. The van der Waals surface area contributed by atoms with Crippen LogP contribution in [0.25, 0.3) is 0 Å². The minimum atomic E-state index is -0.120. The van der Waals surface area contributed by atoms with Gasteiger partial charge in [-0.2, -0.15) is 0 Å². The average Bonchev–Trinajstić information content (AvgIpc) is 2.96. The summed E-state index contributed by atoms with van der Waals surface area (Å²) in [6.45, 7) is 5.63. The number of amides is 1. The third-order valence-electron chi connectivity index (χ3n) is 2.97. The Labute approximate surface area is 113 Å². The van der Waals surface area contributed by atoms with Crippen LogP contribution in [-0.4, -0.2) is 36.7 Å². The van der Waals surface area contributed by atoms with Gasteiger partial charge in [0.05, 0.1) is 17.4 Å². The molecule has 0 bridgehead atoms. The van der Waals surface area contributed by atoms with Gasteiger partial charge in [0.15, 0.2) is 0 Å². The molecule has 2 heterocycles. The molecule has 0 radical (unpaired) electrons. The second kappa shape index (κ2) is 6.89. The smallest absolute Gasteiger partial charge is 0.253 e. The van der Waals surface area contributed by atoms with Crippen LogP contribution in [0.2, 0.25) is 0 Å². The number of aromatic nitrogens is 1. The van der Waals surface area contributed by atoms with E-state index in [-0.39, 0.29) is 12.0 Å². The van der Waals surface area contributed by atoms with E-state index in [1.165, 1.54) is 0 Å².